The Morgan fingerprint density at radius 2 is 1.97 bits per heavy atom. The van der Waals surface area contributed by atoms with Gasteiger partial charge in [-0.25, -0.2) is 4.98 Å². The molecule has 0 bridgehead atoms. The van der Waals surface area contributed by atoms with Crippen molar-refractivity contribution in [1.29, 1.82) is 0 Å². The molecule has 4 rings (SSSR count). The maximum absolute atomic E-state index is 13.2. The summed E-state index contributed by atoms with van der Waals surface area (Å²) >= 11 is 0. The van der Waals surface area contributed by atoms with Gasteiger partial charge in [-0.05, 0) is 31.2 Å². The normalized spacial score (nSPS) is 16.2. The number of hydrogen-bond acceptors (Lipinski definition) is 7. The molecule has 0 spiro atoms. The lowest BCUT2D eigenvalue weighted by Gasteiger charge is -2.34. The van der Waals surface area contributed by atoms with Crippen molar-refractivity contribution in [2.24, 2.45) is 7.05 Å². The van der Waals surface area contributed by atoms with Crippen molar-refractivity contribution in [1.82, 2.24) is 14.5 Å². The minimum atomic E-state index is -0.689. The van der Waals surface area contributed by atoms with Crippen molar-refractivity contribution >= 4 is 11.7 Å². The van der Waals surface area contributed by atoms with E-state index in [0.29, 0.717) is 36.1 Å². The third-order valence-electron chi connectivity index (χ3n) is 5.35. The molecule has 1 aromatic carbocycles. The van der Waals surface area contributed by atoms with Gasteiger partial charge in [-0.15, -0.1) is 0 Å². The van der Waals surface area contributed by atoms with Crippen molar-refractivity contribution in [3.05, 3.63) is 70.3 Å². The zero-order chi connectivity index (χ0) is 22.0. The Labute approximate surface area is 180 Å². The van der Waals surface area contributed by atoms with Gasteiger partial charge in [-0.3, -0.25) is 19.1 Å². The Morgan fingerprint density at radius 1 is 1.19 bits per heavy atom. The van der Waals surface area contributed by atoms with Gasteiger partial charge in [0.15, 0.2) is 5.78 Å². The second-order valence-corrected chi connectivity index (χ2v) is 7.45. The minimum Gasteiger partial charge on any atom is -0.496 e. The number of carbonyl (C=O) groups excluding carboxylic acids is 1. The third kappa shape index (κ3) is 4.20. The van der Waals surface area contributed by atoms with E-state index in [-0.39, 0.29) is 17.9 Å². The van der Waals surface area contributed by atoms with Crippen LogP contribution in [-0.4, -0.2) is 53.2 Å². The minimum absolute atomic E-state index is 0.152. The predicted octanol–water partition coefficient (Wildman–Crippen LogP) is 2.25. The number of aryl methyl sites for hydroxylation is 1. The molecule has 3 heterocycles. The first-order valence-electron chi connectivity index (χ1n) is 10.0. The molecule has 31 heavy (non-hydrogen) atoms. The van der Waals surface area contributed by atoms with Crippen LogP contribution in [0.3, 0.4) is 0 Å². The molecule has 8 nitrogen and oxygen atoms in total. The molecule has 0 aliphatic carbocycles. The summed E-state index contributed by atoms with van der Waals surface area (Å²) in [6.07, 6.45) is 2.63. The fourth-order valence-corrected chi connectivity index (χ4v) is 3.66. The number of methoxy groups -OCH3 is 1. The van der Waals surface area contributed by atoms with Crippen LogP contribution in [0.4, 0.5) is 5.95 Å². The molecule has 1 aliphatic heterocycles. The van der Waals surface area contributed by atoms with E-state index in [1.165, 1.54) is 10.6 Å². The highest BCUT2D eigenvalue weighted by molar-refractivity contribution is 6.02. The quantitative estimate of drug-likeness (QED) is 0.585. The lowest BCUT2D eigenvalue weighted by molar-refractivity contribution is 0.0334. The number of ketones is 1. The summed E-state index contributed by atoms with van der Waals surface area (Å²) in [7, 11) is 3.22. The number of benzene rings is 1. The number of carbonyl (C=O) groups is 1. The summed E-state index contributed by atoms with van der Waals surface area (Å²) in [5.41, 5.74) is 2.65. The Balaban J connectivity index is 1.65. The van der Waals surface area contributed by atoms with E-state index in [0.717, 1.165) is 11.1 Å². The van der Waals surface area contributed by atoms with E-state index in [9.17, 15) is 9.59 Å². The monoisotopic (exact) mass is 420 g/mol. The fourth-order valence-electron chi connectivity index (χ4n) is 3.66. The Kier molecular flexibility index (Phi) is 5.81. The highest BCUT2D eigenvalue weighted by Crippen LogP contribution is 2.25. The molecular weight excluding hydrogens is 396 g/mol. The lowest BCUT2D eigenvalue weighted by Crippen LogP contribution is -2.48. The second kappa shape index (κ2) is 8.69. The molecule has 0 amide bonds. The predicted molar refractivity (Wildman–Crippen MR) is 117 cm³/mol. The first kappa shape index (κ1) is 20.7. The van der Waals surface area contributed by atoms with Gasteiger partial charge in [0.1, 0.15) is 11.9 Å². The molecule has 8 heteroatoms. The summed E-state index contributed by atoms with van der Waals surface area (Å²) in [6.45, 7) is 3.08. The Hall–Kier alpha value is -3.52. The first-order valence-corrected chi connectivity index (χ1v) is 10.0. The number of aromatic nitrogens is 3. The van der Waals surface area contributed by atoms with Gasteiger partial charge in [0, 0.05) is 37.6 Å². The van der Waals surface area contributed by atoms with Gasteiger partial charge in [0.05, 0.1) is 31.5 Å². The standard InChI is InChI=1S/C23H24N4O4/c1-15-4-5-19(30-3)17(12-15)22(29)20-14-27(10-11-31-20)23-25-18(13-21(28)26(23)2)16-6-8-24-9-7-16/h4-9,12-13,20H,10-11,14H2,1-3H3. The molecule has 0 radical (unpaired) electrons. The van der Waals surface area contributed by atoms with Crippen LogP contribution in [0.1, 0.15) is 15.9 Å². The average Bonchev–Trinajstić information content (AvgIpc) is 2.81. The van der Waals surface area contributed by atoms with Gasteiger partial charge in [-0.2, -0.15) is 0 Å². The number of pyridine rings is 1. The molecule has 160 valence electrons. The summed E-state index contributed by atoms with van der Waals surface area (Å²) in [6, 6.07) is 10.6. The summed E-state index contributed by atoms with van der Waals surface area (Å²) in [5, 5.41) is 0. The number of nitrogens with zero attached hydrogens (tertiary/aromatic N) is 4. The van der Waals surface area contributed by atoms with E-state index < -0.39 is 6.10 Å². The number of anilines is 1. The van der Waals surface area contributed by atoms with Gasteiger partial charge in [0.2, 0.25) is 5.95 Å². The fraction of sp³-hybridized carbons (Fsp3) is 0.304. The molecule has 1 aliphatic rings. The largest absolute Gasteiger partial charge is 0.496 e. The van der Waals surface area contributed by atoms with Gasteiger partial charge in [0.25, 0.3) is 5.56 Å². The molecule has 3 aromatic rings. The van der Waals surface area contributed by atoms with Gasteiger partial charge in [-0.1, -0.05) is 11.6 Å². The second-order valence-electron chi connectivity index (χ2n) is 7.45. The number of morpholine rings is 1. The van der Waals surface area contributed by atoms with Crippen LogP contribution < -0.4 is 15.2 Å². The van der Waals surface area contributed by atoms with Gasteiger partial charge >= 0.3 is 0 Å². The number of ether oxygens (including phenoxy) is 2. The Bertz CT molecular complexity index is 1160. The van der Waals surface area contributed by atoms with Crippen molar-refractivity contribution in [3.8, 4) is 17.0 Å². The van der Waals surface area contributed by atoms with E-state index in [1.54, 1.807) is 44.8 Å². The van der Waals surface area contributed by atoms with Crippen LogP contribution in [-0.2, 0) is 11.8 Å². The smallest absolute Gasteiger partial charge is 0.255 e. The van der Waals surface area contributed by atoms with Crippen LogP contribution >= 0.6 is 0 Å². The van der Waals surface area contributed by atoms with Gasteiger partial charge < -0.3 is 14.4 Å². The average molecular weight is 420 g/mol. The van der Waals surface area contributed by atoms with Crippen LogP contribution in [0, 0.1) is 6.92 Å². The van der Waals surface area contributed by atoms with Crippen molar-refractivity contribution < 1.29 is 14.3 Å². The van der Waals surface area contributed by atoms with Crippen molar-refractivity contribution in [3.63, 3.8) is 0 Å². The maximum Gasteiger partial charge on any atom is 0.255 e. The number of hydrogen-bond donors (Lipinski definition) is 0. The molecule has 0 saturated carbocycles. The van der Waals surface area contributed by atoms with Crippen molar-refractivity contribution in [2.75, 3.05) is 31.7 Å². The zero-order valence-electron chi connectivity index (χ0n) is 17.7. The molecule has 1 unspecified atom stereocenters. The lowest BCUT2D eigenvalue weighted by atomic mass is 10.0. The summed E-state index contributed by atoms with van der Waals surface area (Å²) < 4.78 is 12.7. The summed E-state index contributed by atoms with van der Waals surface area (Å²) in [5.74, 6) is 0.860. The Morgan fingerprint density at radius 3 is 2.71 bits per heavy atom. The topological polar surface area (TPSA) is 86.5 Å². The highest BCUT2D eigenvalue weighted by Gasteiger charge is 2.31. The van der Waals surface area contributed by atoms with E-state index in [2.05, 4.69) is 4.98 Å². The molecule has 1 saturated heterocycles. The number of rotatable bonds is 5. The van der Waals surface area contributed by atoms with Crippen LogP contribution in [0.2, 0.25) is 0 Å². The molecule has 1 atom stereocenters. The first-order chi connectivity index (χ1) is 15.0. The molecule has 0 N–H and O–H groups in total. The van der Waals surface area contributed by atoms with E-state index in [1.807, 2.05) is 24.0 Å². The van der Waals surface area contributed by atoms with Crippen LogP contribution in [0.15, 0.2) is 53.6 Å². The highest BCUT2D eigenvalue weighted by atomic mass is 16.5. The van der Waals surface area contributed by atoms with E-state index >= 15 is 0 Å². The zero-order valence-corrected chi connectivity index (χ0v) is 17.7. The molecule has 1 fully saturated rings. The van der Waals surface area contributed by atoms with Crippen LogP contribution in [0.5, 0.6) is 5.75 Å². The van der Waals surface area contributed by atoms with Crippen LogP contribution in [0.25, 0.3) is 11.3 Å². The van der Waals surface area contributed by atoms with E-state index in [4.69, 9.17) is 14.5 Å². The molecular formula is C23H24N4O4. The SMILES string of the molecule is COc1ccc(C)cc1C(=O)C1CN(c2nc(-c3ccncc3)cc(=O)n2C)CCO1. The summed E-state index contributed by atoms with van der Waals surface area (Å²) in [4.78, 5) is 36.5. The molecule has 2 aromatic heterocycles. The maximum atomic E-state index is 13.2. The number of Topliss-reactive ketones (excluding diaryl/α,β-unsaturated/α-hetero) is 1. The third-order valence-corrected chi connectivity index (χ3v) is 5.35. The van der Waals surface area contributed by atoms with Crippen molar-refractivity contribution in [2.45, 2.75) is 13.0 Å².